The predicted octanol–water partition coefficient (Wildman–Crippen LogP) is -0.732. The number of carboxylic acids is 1. The molecule has 1 aromatic rings. The lowest BCUT2D eigenvalue weighted by molar-refractivity contribution is -0.140. The van der Waals surface area contributed by atoms with Gasteiger partial charge in [0.1, 0.15) is 5.92 Å². The number of ether oxygens (including phenoxy) is 1. The third-order valence-electron chi connectivity index (χ3n) is 2.01. The number of hydrogen-bond acceptors (Lipinski definition) is 4. The van der Waals surface area contributed by atoms with Gasteiger partial charge in [-0.1, -0.05) is 0 Å². The summed E-state index contributed by atoms with van der Waals surface area (Å²) in [5.41, 5.74) is -1.41. The zero-order valence-electron chi connectivity index (χ0n) is 8.65. The fourth-order valence-corrected chi connectivity index (χ4v) is 1.21. The SMILES string of the molecule is CCOCC(C(=O)O)c1c[nH]c(=O)[nH]c1=O. The van der Waals surface area contributed by atoms with Gasteiger partial charge in [0, 0.05) is 12.8 Å². The van der Waals surface area contributed by atoms with Gasteiger partial charge < -0.3 is 14.8 Å². The summed E-state index contributed by atoms with van der Waals surface area (Å²) in [5, 5.41) is 8.92. The van der Waals surface area contributed by atoms with Crippen molar-refractivity contribution >= 4 is 5.97 Å². The minimum atomic E-state index is -1.18. The van der Waals surface area contributed by atoms with E-state index in [9.17, 15) is 14.4 Å². The maximum Gasteiger partial charge on any atom is 0.325 e. The highest BCUT2D eigenvalue weighted by molar-refractivity contribution is 5.75. The molecule has 1 unspecified atom stereocenters. The van der Waals surface area contributed by atoms with Gasteiger partial charge in [-0.15, -0.1) is 0 Å². The smallest absolute Gasteiger partial charge is 0.325 e. The Morgan fingerprint density at radius 2 is 2.25 bits per heavy atom. The summed E-state index contributed by atoms with van der Waals surface area (Å²) in [6, 6.07) is 0. The summed E-state index contributed by atoms with van der Waals surface area (Å²) in [6.45, 7) is 1.96. The highest BCUT2D eigenvalue weighted by Crippen LogP contribution is 2.10. The second-order valence-electron chi connectivity index (χ2n) is 3.08. The highest BCUT2D eigenvalue weighted by atomic mass is 16.5. The Labute approximate surface area is 90.1 Å². The molecule has 7 heteroatoms. The van der Waals surface area contributed by atoms with Gasteiger partial charge in [-0.05, 0) is 6.92 Å². The van der Waals surface area contributed by atoms with Crippen molar-refractivity contribution in [3.63, 3.8) is 0 Å². The summed E-state index contributed by atoms with van der Waals surface area (Å²) in [7, 11) is 0. The van der Waals surface area contributed by atoms with Crippen LogP contribution in [-0.2, 0) is 9.53 Å². The van der Waals surface area contributed by atoms with Gasteiger partial charge in [0.05, 0.1) is 12.2 Å². The molecule has 0 saturated heterocycles. The number of H-pyrrole nitrogens is 2. The van der Waals surface area contributed by atoms with E-state index in [1.807, 2.05) is 4.98 Å². The van der Waals surface area contributed by atoms with Crippen molar-refractivity contribution in [2.75, 3.05) is 13.2 Å². The van der Waals surface area contributed by atoms with E-state index in [0.717, 1.165) is 6.20 Å². The van der Waals surface area contributed by atoms with E-state index in [0.29, 0.717) is 6.61 Å². The van der Waals surface area contributed by atoms with Crippen molar-refractivity contribution in [2.24, 2.45) is 0 Å². The van der Waals surface area contributed by atoms with E-state index < -0.39 is 23.1 Å². The summed E-state index contributed by atoms with van der Waals surface area (Å²) < 4.78 is 4.97. The van der Waals surface area contributed by atoms with E-state index in [2.05, 4.69) is 4.98 Å². The van der Waals surface area contributed by atoms with Crippen molar-refractivity contribution in [2.45, 2.75) is 12.8 Å². The summed E-state index contributed by atoms with van der Waals surface area (Å²) >= 11 is 0. The van der Waals surface area contributed by atoms with Crippen molar-refractivity contribution in [3.8, 4) is 0 Å². The topological polar surface area (TPSA) is 112 Å². The van der Waals surface area contributed by atoms with Crippen molar-refractivity contribution in [1.29, 1.82) is 0 Å². The molecular weight excluding hydrogens is 216 g/mol. The summed E-state index contributed by atoms with van der Waals surface area (Å²) in [5.74, 6) is -2.26. The van der Waals surface area contributed by atoms with Crippen LogP contribution in [0.3, 0.4) is 0 Å². The highest BCUT2D eigenvalue weighted by Gasteiger charge is 2.23. The maximum absolute atomic E-state index is 11.4. The second-order valence-corrected chi connectivity index (χ2v) is 3.08. The Hall–Kier alpha value is -1.89. The van der Waals surface area contributed by atoms with Gasteiger partial charge in [-0.2, -0.15) is 0 Å². The molecule has 88 valence electrons. The van der Waals surface area contributed by atoms with E-state index in [4.69, 9.17) is 9.84 Å². The van der Waals surface area contributed by atoms with Crippen LogP contribution in [0.1, 0.15) is 18.4 Å². The minimum Gasteiger partial charge on any atom is -0.481 e. The molecular formula is C9H12N2O5. The Kier molecular flexibility index (Phi) is 4.01. The molecule has 0 aliphatic rings. The molecule has 0 radical (unpaired) electrons. The monoisotopic (exact) mass is 228 g/mol. The molecule has 0 aromatic carbocycles. The van der Waals surface area contributed by atoms with Crippen molar-refractivity contribution < 1.29 is 14.6 Å². The molecule has 0 amide bonds. The average molecular weight is 228 g/mol. The van der Waals surface area contributed by atoms with Crippen LogP contribution in [0.2, 0.25) is 0 Å². The number of carbonyl (C=O) groups is 1. The van der Waals surface area contributed by atoms with Crippen LogP contribution in [-0.4, -0.2) is 34.3 Å². The van der Waals surface area contributed by atoms with E-state index in [-0.39, 0.29) is 12.2 Å². The molecule has 1 heterocycles. The number of carboxylic acid groups (broad SMARTS) is 1. The standard InChI is InChI=1S/C9H12N2O5/c1-2-16-4-6(8(13)14)5-3-10-9(15)11-7(5)12/h3,6H,2,4H2,1H3,(H,13,14)(H2,10,11,12,15). The molecule has 3 N–H and O–H groups in total. The summed E-state index contributed by atoms with van der Waals surface area (Å²) in [4.78, 5) is 37.2. The number of hydrogen-bond donors (Lipinski definition) is 3. The molecule has 0 saturated carbocycles. The van der Waals surface area contributed by atoms with Gasteiger partial charge in [0.15, 0.2) is 0 Å². The predicted molar refractivity (Wildman–Crippen MR) is 54.6 cm³/mol. The molecule has 7 nitrogen and oxygen atoms in total. The average Bonchev–Trinajstić information content (AvgIpc) is 2.20. The fourth-order valence-electron chi connectivity index (χ4n) is 1.21. The zero-order valence-corrected chi connectivity index (χ0v) is 8.65. The Morgan fingerprint density at radius 1 is 1.56 bits per heavy atom. The van der Waals surface area contributed by atoms with E-state index in [1.165, 1.54) is 0 Å². The first-order valence-electron chi connectivity index (χ1n) is 4.68. The first-order chi connectivity index (χ1) is 7.56. The van der Waals surface area contributed by atoms with Crippen LogP contribution in [0.25, 0.3) is 0 Å². The van der Waals surface area contributed by atoms with E-state index >= 15 is 0 Å². The lowest BCUT2D eigenvalue weighted by Crippen LogP contribution is -2.30. The number of aliphatic carboxylic acids is 1. The molecule has 0 fully saturated rings. The van der Waals surface area contributed by atoms with Gasteiger partial charge in [-0.25, -0.2) is 4.79 Å². The van der Waals surface area contributed by atoms with Gasteiger partial charge in [-0.3, -0.25) is 14.6 Å². The molecule has 0 aliphatic carbocycles. The van der Waals surface area contributed by atoms with Crippen LogP contribution in [0.5, 0.6) is 0 Å². The van der Waals surface area contributed by atoms with Crippen LogP contribution >= 0.6 is 0 Å². The van der Waals surface area contributed by atoms with Gasteiger partial charge in [0.2, 0.25) is 0 Å². The van der Waals surface area contributed by atoms with Crippen LogP contribution in [0.15, 0.2) is 15.8 Å². The molecule has 1 aromatic heterocycles. The third-order valence-corrected chi connectivity index (χ3v) is 2.01. The van der Waals surface area contributed by atoms with Crippen molar-refractivity contribution in [1.82, 2.24) is 9.97 Å². The minimum absolute atomic E-state index is 0.0273. The largest absolute Gasteiger partial charge is 0.481 e. The Morgan fingerprint density at radius 3 is 2.75 bits per heavy atom. The van der Waals surface area contributed by atoms with Crippen molar-refractivity contribution in [3.05, 3.63) is 32.6 Å². The third kappa shape index (κ3) is 2.80. The summed E-state index contributed by atoms with van der Waals surface area (Å²) in [6.07, 6.45) is 1.10. The molecule has 0 bridgehead atoms. The lowest BCUT2D eigenvalue weighted by Gasteiger charge is -2.10. The maximum atomic E-state index is 11.4. The molecule has 0 aliphatic heterocycles. The molecule has 16 heavy (non-hydrogen) atoms. The number of aromatic amines is 2. The molecule has 0 spiro atoms. The Bertz CT molecular complexity index is 475. The quantitative estimate of drug-likeness (QED) is 0.615. The molecule has 1 rings (SSSR count). The zero-order chi connectivity index (χ0) is 12.1. The van der Waals surface area contributed by atoms with Crippen LogP contribution in [0, 0.1) is 0 Å². The van der Waals surface area contributed by atoms with Crippen LogP contribution < -0.4 is 11.2 Å². The second kappa shape index (κ2) is 5.26. The first-order valence-corrected chi connectivity index (χ1v) is 4.68. The number of aromatic nitrogens is 2. The fraction of sp³-hybridized carbons (Fsp3) is 0.444. The number of rotatable bonds is 5. The number of nitrogens with one attached hydrogen (secondary N) is 2. The first kappa shape index (κ1) is 12.2. The van der Waals surface area contributed by atoms with Crippen LogP contribution in [0.4, 0.5) is 0 Å². The van der Waals surface area contributed by atoms with Gasteiger partial charge >= 0.3 is 11.7 Å². The molecule has 1 atom stereocenters. The van der Waals surface area contributed by atoms with E-state index in [1.54, 1.807) is 6.92 Å². The Balaban J connectivity index is 3.06. The van der Waals surface area contributed by atoms with Gasteiger partial charge in [0.25, 0.3) is 5.56 Å². The lowest BCUT2D eigenvalue weighted by atomic mass is 10.0. The normalized spacial score (nSPS) is 12.3.